The second-order valence-electron chi connectivity index (χ2n) is 8.94. The van der Waals surface area contributed by atoms with Crippen LogP contribution in [-0.4, -0.2) is 37.0 Å². The lowest BCUT2D eigenvalue weighted by Crippen LogP contribution is -2.22. The molecule has 186 valence electrons. The van der Waals surface area contributed by atoms with Crippen molar-refractivity contribution in [3.8, 4) is 0 Å². The number of esters is 1. The number of nitrogens with zero attached hydrogens (tertiary/aromatic N) is 2. The predicted molar refractivity (Wildman–Crippen MR) is 139 cm³/mol. The van der Waals surface area contributed by atoms with Crippen molar-refractivity contribution in [3.05, 3.63) is 87.5 Å². The molecule has 4 rings (SSSR count). The van der Waals surface area contributed by atoms with Gasteiger partial charge in [-0.2, -0.15) is 0 Å². The van der Waals surface area contributed by atoms with Gasteiger partial charge in [0.25, 0.3) is 11.6 Å². The molecule has 0 saturated carbocycles. The highest BCUT2D eigenvalue weighted by Gasteiger charge is 2.31. The molecular formula is C27H28N4O5. The van der Waals surface area contributed by atoms with E-state index in [-0.39, 0.29) is 22.5 Å². The number of nitro groups is 1. The van der Waals surface area contributed by atoms with Gasteiger partial charge in [-0.25, -0.2) is 4.79 Å². The first-order chi connectivity index (χ1) is 17.3. The Morgan fingerprint density at radius 1 is 1.08 bits per heavy atom. The molecule has 0 aromatic heterocycles. The molecule has 1 aliphatic heterocycles. The van der Waals surface area contributed by atoms with Gasteiger partial charge in [0.1, 0.15) is 5.69 Å². The topological polar surface area (TPSA) is 114 Å². The Bertz CT molecular complexity index is 1320. The summed E-state index contributed by atoms with van der Waals surface area (Å²) in [4.78, 5) is 39.1. The zero-order chi connectivity index (χ0) is 25.8. The SMILES string of the molecule is COC(=O)c1ccc(NCC(C)C)c(NC(=O)c2cccc([N+](=O)[O-])c2N2CCc3ccccc32)c1. The van der Waals surface area contributed by atoms with Gasteiger partial charge < -0.3 is 20.3 Å². The maximum Gasteiger partial charge on any atom is 0.337 e. The monoisotopic (exact) mass is 488 g/mol. The average molecular weight is 489 g/mol. The number of fused-ring (bicyclic) bond motifs is 1. The molecule has 1 aliphatic rings. The van der Waals surface area contributed by atoms with Crippen molar-refractivity contribution in [1.82, 2.24) is 0 Å². The quantitative estimate of drug-likeness (QED) is 0.248. The third kappa shape index (κ3) is 5.00. The van der Waals surface area contributed by atoms with Gasteiger partial charge in [-0.3, -0.25) is 14.9 Å². The highest BCUT2D eigenvalue weighted by Crippen LogP contribution is 2.41. The Morgan fingerprint density at radius 3 is 2.58 bits per heavy atom. The van der Waals surface area contributed by atoms with Crippen LogP contribution < -0.4 is 15.5 Å². The zero-order valence-corrected chi connectivity index (χ0v) is 20.4. The highest BCUT2D eigenvalue weighted by molar-refractivity contribution is 6.11. The van der Waals surface area contributed by atoms with Gasteiger partial charge in [-0.15, -0.1) is 0 Å². The van der Waals surface area contributed by atoms with Crippen molar-refractivity contribution in [3.63, 3.8) is 0 Å². The molecule has 0 radical (unpaired) electrons. The van der Waals surface area contributed by atoms with E-state index in [4.69, 9.17) is 4.74 Å². The van der Waals surface area contributed by atoms with Gasteiger partial charge in [0, 0.05) is 24.8 Å². The summed E-state index contributed by atoms with van der Waals surface area (Å²) in [6.07, 6.45) is 0.716. The molecule has 1 heterocycles. The number of hydrogen-bond acceptors (Lipinski definition) is 7. The minimum atomic E-state index is -0.536. The summed E-state index contributed by atoms with van der Waals surface area (Å²) in [5.74, 6) is -0.717. The van der Waals surface area contributed by atoms with Crippen LogP contribution in [-0.2, 0) is 11.2 Å². The molecule has 0 atom stereocenters. The van der Waals surface area contributed by atoms with Crippen molar-refractivity contribution in [2.45, 2.75) is 20.3 Å². The summed E-state index contributed by atoms with van der Waals surface area (Å²) in [6.45, 7) is 5.27. The normalized spacial score (nSPS) is 12.3. The fraction of sp³-hybridized carbons (Fsp3) is 0.259. The number of amides is 1. The van der Waals surface area contributed by atoms with E-state index in [0.717, 1.165) is 11.3 Å². The molecule has 3 aromatic carbocycles. The lowest BCUT2D eigenvalue weighted by Gasteiger charge is -2.23. The van der Waals surface area contributed by atoms with Crippen LogP contribution in [0.1, 0.15) is 40.1 Å². The minimum absolute atomic E-state index is 0.152. The summed E-state index contributed by atoms with van der Waals surface area (Å²) in [7, 11) is 1.29. The maximum atomic E-state index is 13.6. The second kappa shape index (κ2) is 10.5. The Hall–Kier alpha value is -4.40. The van der Waals surface area contributed by atoms with E-state index in [1.54, 1.807) is 18.2 Å². The molecule has 9 heteroatoms. The summed E-state index contributed by atoms with van der Waals surface area (Å²) in [5, 5.41) is 18.1. The fourth-order valence-corrected chi connectivity index (χ4v) is 4.27. The van der Waals surface area contributed by atoms with Crippen LogP contribution in [0.2, 0.25) is 0 Å². The Kier molecular flexibility index (Phi) is 7.19. The van der Waals surface area contributed by atoms with Crippen LogP contribution >= 0.6 is 0 Å². The lowest BCUT2D eigenvalue weighted by molar-refractivity contribution is -0.384. The Morgan fingerprint density at radius 2 is 1.86 bits per heavy atom. The van der Waals surface area contributed by atoms with Crippen LogP contribution in [0.4, 0.5) is 28.4 Å². The molecule has 0 bridgehead atoms. The number of anilines is 4. The molecule has 0 saturated heterocycles. The largest absolute Gasteiger partial charge is 0.465 e. The van der Waals surface area contributed by atoms with Gasteiger partial charge >= 0.3 is 5.97 Å². The molecule has 36 heavy (non-hydrogen) atoms. The summed E-state index contributed by atoms with van der Waals surface area (Å²) >= 11 is 0. The molecule has 0 aliphatic carbocycles. The van der Waals surface area contributed by atoms with Crippen molar-refractivity contribution in [1.29, 1.82) is 0 Å². The van der Waals surface area contributed by atoms with Crippen molar-refractivity contribution in [2.75, 3.05) is 35.7 Å². The molecule has 0 fully saturated rings. The summed E-state index contributed by atoms with van der Waals surface area (Å²) in [5.41, 5.74) is 3.44. The van der Waals surface area contributed by atoms with Crippen molar-refractivity contribution >= 4 is 40.3 Å². The molecule has 1 amide bonds. The molecule has 9 nitrogen and oxygen atoms in total. The van der Waals surface area contributed by atoms with Gasteiger partial charge in [-0.1, -0.05) is 38.1 Å². The number of ether oxygens (including phenoxy) is 1. The first kappa shape index (κ1) is 24.7. The first-order valence-electron chi connectivity index (χ1n) is 11.7. The summed E-state index contributed by atoms with van der Waals surface area (Å²) in [6, 6.07) is 17.0. The number of methoxy groups -OCH3 is 1. The minimum Gasteiger partial charge on any atom is -0.465 e. The van der Waals surface area contributed by atoms with Gasteiger partial charge in [-0.05, 0) is 48.2 Å². The Labute approximate surface area is 209 Å². The van der Waals surface area contributed by atoms with Crippen LogP contribution in [0.15, 0.2) is 60.7 Å². The van der Waals surface area contributed by atoms with Crippen molar-refractivity contribution < 1.29 is 19.2 Å². The molecular weight excluding hydrogens is 460 g/mol. The second-order valence-corrected chi connectivity index (χ2v) is 8.94. The number of rotatable bonds is 8. The van der Waals surface area contributed by atoms with E-state index in [1.165, 1.54) is 25.3 Å². The number of nitro benzene ring substituents is 1. The number of para-hydroxylation sites is 2. The van der Waals surface area contributed by atoms with Crippen molar-refractivity contribution in [2.24, 2.45) is 5.92 Å². The van der Waals surface area contributed by atoms with E-state index in [0.29, 0.717) is 36.8 Å². The Balaban J connectivity index is 1.76. The van der Waals surface area contributed by atoms with E-state index in [1.807, 2.05) is 29.2 Å². The van der Waals surface area contributed by atoms with Crippen LogP contribution in [0.5, 0.6) is 0 Å². The molecule has 0 unspecified atom stereocenters. The third-order valence-corrected chi connectivity index (χ3v) is 6.00. The fourth-order valence-electron chi connectivity index (χ4n) is 4.27. The van der Waals surface area contributed by atoms with E-state index >= 15 is 0 Å². The highest BCUT2D eigenvalue weighted by atomic mass is 16.6. The lowest BCUT2D eigenvalue weighted by atomic mass is 10.1. The first-order valence-corrected chi connectivity index (χ1v) is 11.7. The number of carbonyl (C=O) groups excluding carboxylic acids is 2. The standard InChI is InChI=1S/C27H28N4O5/c1-17(2)16-28-21-12-11-19(27(33)36-3)15-22(21)29-26(32)20-8-6-10-24(31(34)35)25(20)30-14-13-18-7-4-5-9-23(18)30/h4-12,15,17,28H,13-14,16H2,1-3H3,(H,29,32). The zero-order valence-electron chi connectivity index (χ0n) is 20.4. The average Bonchev–Trinajstić information content (AvgIpc) is 3.30. The number of nitrogens with one attached hydrogen (secondary N) is 2. The van der Waals surface area contributed by atoms with Gasteiger partial charge in [0.05, 0.1) is 34.5 Å². The number of benzene rings is 3. The van der Waals surface area contributed by atoms with E-state index < -0.39 is 16.8 Å². The predicted octanol–water partition coefficient (Wildman–Crippen LogP) is 5.40. The number of hydrogen-bond donors (Lipinski definition) is 2. The smallest absolute Gasteiger partial charge is 0.337 e. The third-order valence-electron chi connectivity index (χ3n) is 6.00. The van der Waals surface area contributed by atoms with Crippen LogP contribution in [0.25, 0.3) is 0 Å². The van der Waals surface area contributed by atoms with Crippen LogP contribution in [0, 0.1) is 16.0 Å². The van der Waals surface area contributed by atoms with Gasteiger partial charge in [0.15, 0.2) is 0 Å². The van der Waals surface area contributed by atoms with Gasteiger partial charge in [0.2, 0.25) is 0 Å². The summed E-state index contributed by atoms with van der Waals surface area (Å²) < 4.78 is 4.83. The molecule has 3 aromatic rings. The van der Waals surface area contributed by atoms with E-state index in [9.17, 15) is 19.7 Å². The van der Waals surface area contributed by atoms with E-state index in [2.05, 4.69) is 24.5 Å². The maximum absolute atomic E-state index is 13.6. The van der Waals surface area contributed by atoms with Crippen LogP contribution in [0.3, 0.4) is 0 Å². The molecule has 0 spiro atoms. The number of carbonyl (C=O) groups is 2. The molecule has 2 N–H and O–H groups in total.